The molecule has 14 heavy (non-hydrogen) atoms. The van der Waals surface area contributed by atoms with Gasteiger partial charge in [0.2, 0.25) is 5.91 Å². The number of carbonyl (C=O) groups excluding carboxylic acids is 1. The molecule has 1 aliphatic carbocycles. The molecule has 1 N–H and O–H groups in total. The summed E-state index contributed by atoms with van der Waals surface area (Å²) in [7, 11) is 0. The van der Waals surface area contributed by atoms with Gasteiger partial charge < -0.3 is 10.0 Å². The van der Waals surface area contributed by atoms with Gasteiger partial charge in [-0.1, -0.05) is 0 Å². The standard InChI is InChI=1S/C10H18N2O2/c1-2-12(8-3-4-8)10(14)7-11-5-9(13)6-11/h8-9,13H,2-7H2,1H3. The molecule has 0 aromatic rings. The van der Waals surface area contributed by atoms with Crippen LogP contribution in [0.1, 0.15) is 19.8 Å². The van der Waals surface area contributed by atoms with Crippen LogP contribution in [0.3, 0.4) is 0 Å². The molecule has 1 saturated heterocycles. The van der Waals surface area contributed by atoms with Crippen molar-refractivity contribution in [1.82, 2.24) is 9.80 Å². The summed E-state index contributed by atoms with van der Waals surface area (Å²) in [5.41, 5.74) is 0. The quantitative estimate of drug-likeness (QED) is 0.673. The van der Waals surface area contributed by atoms with Crippen molar-refractivity contribution >= 4 is 5.91 Å². The molecule has 0 spiro atoms. The summed E-state index contributed by atoms with van der Waals surface area (Å²) in [6, 6.07) is 0.513. The number of likely N-dealkylation sites (N-methyl/N-ethyl adjacent to an activating group) is 1. The van der Waals surface area contributed by atoms with Crippen molar-refractivity contribution in [3.63, 3.8) is 0 Å². The van der Waals surface area contributed by atoms with Crippen LogP contribution in [0.25, 0.3) is 0 Å². The molecule has 2 rings (SSSR count). The van der Waals surface area contributed by atoms with E-state index in [1.165, 1.54) is 12.8 Å². The minimum atomic E-state index is -0.209. The minimum absolute atomic E-state index is 0.209. The lowest BCUT2D eigenvalue weighted by Crippen LogP contribution is -2.54. The van der Waals surface area contributed by atoms with Gasteiger partial charge in [0.15, 0.2) is 0 Å². The highest BCUT2D eigenvalue weighted by Gasteiger charge is 2.33. The number of carbonyl (C=O) groups is 1. The smallest absolute Gasteiger partial charge is 0.236 e. The van der Waals surface area contributed by atoms with Gasteiger partial charge in [0.25, 0.3) is 0 Å². The summed E-state index contributed by atoms with van der Waals surface area (Å²) in [5, 5.41) is 9.08. The maximum absolute atomic E-state index is 11.8. The average molecular weight is 198 g/mol. The zero-order valence-electron chi connectivity index (χ0n) is 8.65. The minimum Gasteiger partial charge on any atom is -0.390 e. The molecule has 4 nitrogen and oxygen atoms in total. The van der Waals surface area contributed by atoms with Gasteiger partial charge in [-0.3, -0.25) is 9.69 Å². The fourth-order valence-electron chi connectivity index (χ4n) is 1.98. The Labute approximate surface area is 84.5 Å². The Morgan fingerprint density at radius 2 is 2.14 bits per heavy atom. The Bertz CT molecular complexity index is 222. The van der Waals surface area contributed by atoms with Crippen LogP contribution in [0.5, 0.6) is 0 Å². The molecule has 2 fully saturated rings. The molecule has 1 aliphatic heterocycles. The first-order valence-electron chi connectivity index (χ1n) is 5.40. The van der Waals surface area contributed by atoms with Crippen LogP contribution in [0.4, 0.5) is 0 Å². The van der Waals surface area contributed by atoms with Crippen LogP contribution in [0.15, 0.2) is 0 Å². The predicted octanol–water partition coefficient (Wildman–Crippen LogP) is -0.326. The van der Waals surface area contributed by atoms with Crippen molar-refractivity contribution in [2.24, 2.45) is 0 Å². The molecular formula is C10H18N2O2. The third kappa shape index (κ3) is 2.07. The number of hydrogen-bond donors (Lipinski definition) is 1. The Balaban J connectivity index is 1.76. The van der Waals surface area contributed by atoms with Crippen LogP contribution >= 0.6 is 0 Å². The summed E-state index contributed by atoms with van der Waals surface area (Å²) >= 11 is 0. The molecule has 0 unspecified atom stereocenters. The third-order valence-corrected chi connectivity index (χ3v) is 2.95. The van der Waals surface area contributed by atoms with E-state index < -0.39 is 0 Å². The molecular weight excluding hydrogens is 180 g/mol. The first kappa shape index (κ1) is 9.93. The molecule has 0 radical (unpaired) electrons. The molecule has 80 valence electrons. The second-order valence-corrected chi connectivity index (χ2v) is 4.26. The number of nitrogens with zero attached hydrogens (tertiary/aromatic N) is 2. The molecule has 1 amide bonds. The highest BCUT2D eigenvalue weighted by Crippen LogP contribution is 2.26. The lowest BCUT2D eigenvalue weighted by molar-refractivity contribution is -0.135. The number of aliphatic hydroxyl groups is 1. The Morgan fingerprint density at radius 3 is 2.57 bits per heavy atom. The first-order chi connectivity index (χ1) is 6.70. The molecule has 1 heterocycles. The largest absolute Gasteiger partial charge is 0.390 e. The molecule has 2 aliphatic rings. The number of amides is 1. The summed E-state index contributed by atoms with van der Waals surface area (Å²) in [6.07, 6.45) is 2.13. The Morgan fingerprint density at radius 1 is 1.50 bits per heavy atom. The van der Waals surface area contributed by atoms with E-state index in [4.69, 9.17) is 5.11 Å². The van der Waals surface area contributed by atoms with Gasteiger partial charge in [0, 0.05) is 25.7 Å². The van der Waals surface area contributed by atoms with Crippen molar-refractivity contribution < 1.29 is 9.90 Å². The number of β-amino-alcohol motifs (C(OH)–C–C–N with tert-alkyl or cyclic N) is 1. The molecule has 0 bridgehead atoms. The van der Waals surface area contributed by atoms with Crippen molar-refractivity contribution in [2.75, 3.05) is 26.2 Å². The first-order valence-corrected chi connectivity index (χ1v) is 5.40. The van der Waals surface area contributed by atoms with Gasteiger partial charge in [-0.25, -0.2) is 0 Å². The zero-order valence-corrected chi connectivity index (χ0v) is 8.65. The van der Waals surface area contributed by atoms with Crippen molar-refractivity contribution in [2.45, 2.75) is 31.9 Å². The normalized spacial score (nSPS) is 23.3. The molecule has 0 atom stereocenters. The summed E-state index contributed by atoms with van der Waals surface area (Å²) in [6.45, 7) is 4.66. The van der Waals surface area contributed by atoms with Gasteiger partial charge in [0.05, 0.1) is 12.6 Å². The summed E-state index contributed by atoms with van der Waals surface area (Å²) in [5.74, 6) is 0.224. The summed E-state index contributed by atoms with van der Waals surface area (Å²) in [4.78, 5) is 15.7. The fourth-order valence-corrected chi connectivity index (χ4v) is 1.98. The van der Waals surface area contributed by atoms with Gasteiger partial charge in [-0.15, -0.1) is 0 Å². The second-order valence-electron chi connectivity index (χ2n) is 4.26. The maximum Gasteiger partial charge on any atom is 0.236 e. The lowest BCUT2D eigenvalue weighted by atomic mass is 10.2. The highest BCUT2D eigenvalue weighted by atomic mass is 16.3. The van der Waals surface area contributed by atoms with Gasteiger partial charge in [-0.2, -0.15) is 0 Å². The van der Waals surface area contributed by atoms with E-state index in [-0.39, 0.29) is 12.0 Å². The van der Waals surface area contributed by atoms with Crippen molar-refractivity contribution in [1.29, 1.82) is 0 Å². The molecule has 4 heteroatoms. The average Bonchev–Trinajstić information content (AvgIpc) is 2.87. The number of aliphatic hydroxyl groups excluding tert-OH is 1. The van der Waals surface area contributed by atoms with Gasteiger partial charge in [-0.05, 0) is 19.8 Å². The SMILES string of the molecule is CCN(C(=O)CN1CC(O)C1)C1CC1. The van der Waals surface area contributed by atoms with Crippen molar-refractivity contribution in [3.05, 3.63) is 0 Å². The van der Waals surface area contributed by atoms with E-state index in [2.05, 4.69) is 0 Å². The molecule has 0 aromatic heterocycles. The Kier molecular flexibility index (Phi) is 2.74. The monoisotopic (exact) mass is 198 g/mol. The van der Waals surface area contributed by atoms with E-state index in [0.717, 1.165) is 6.54 Å². The topological polar surface area (TPSA) is 43.8 Å². The van der Waals surface area contributed by atoms with Crippen LogP contribution in [0.2, 0.25) is 0 Å². The van der Waals surface area contributed by atoms with Crippen LogP contribution in [-0.4, -0.2) is 59.1 Å². The third-order valence-electron chi connectivity index (χ3n) is 2.95. The number of rotatable bonds is 4. The zero-order chi connectivity index (χ0) is 10.1. The highest BCUT2D eigenvalue weighted by molar-refractivity contribution is 5.79. The maximum atomic E-state index is 11.8. The summed E-state index contributed by atoms with van der Waals surface area (Å²) < 4.78 is 0. The van der Waals surface area contributed by atoms with Crippen LogP contribution in [0, 0.1) is 0 Å². The molecule has 1 saturated carbocycles. The van der Waals surface area contributed by atoms with Crippen LogP contribution in [-0.2, 0) is 4.79 Å². The van der Waals surface area contributed by atoms with E-state index in [1.807, 2.05) is 16.7 Å². The van der Waals surface area contributed by atoms with Crippen LogP contribution < -0.4 is 0 Å². The number of hydrogen-bond acceptors (Lipinski definition) is 3. The predicted molar refractivity (Wildman–Crippen MR) is 52.9 cm³/mol. The second kappa shape index (κ2) is 3.87. The lowest BCUT2D eigenvalue weighted by Gasteiger charge is -2.36. The molecule has 0 aromatic carbocycles. The number of likely N-dealkylation sites (tertiary alicyclic amines) is 1. The van der Waals surface area contributed by atoms with E-state index >= 15 is 0 Å². The van der Waals surface area contributed by atoms with Gasteiger partial charge in [0.1, 0.15) is 0 Å². The van der Waals surface area contributed by atoms with Gasteiger partial charge >= 0.3 is 0 Å². The van der Waals surface area contributed by atoms with E-state index in [9.17, 15) is 4.79 Å². The van der Waals surface area contributed by atoms with Crippen molar-refractivity contribution in [3.8, 4) is 0 Å². The van der Waals surface area contributed by atoms with E-state index in [1.54, 1.807) is 0 Å². The Hall–Kier alpha value is -0.610. The fraction of sp³-hybridized carbons (Fsp3) is 0.900. The van der Waals surface area contributed by atoms with E-state index in [0.29, 0.717) is 25.7 Å².